The van der Waals surface area contributed by atoms with Gasteiger partial charge in [0, 0.05) is 22.6 Å². The lowest BCUT2D eigenvalue weighted by atomic mass is 10.1. The van der Waals surface area contributed by atoms with E-state index in [-0.39, 0.29) is 11.9 Å². The second-order valence-electron chi connectivity index (χ2n) is 6.03. The van der Waals surface area contributed by atoms with Gasteiger partial charge in [-0.25, -0.2) is 4.79 Å². The normalized spacial score (nSPS) is 10.1. The van der Waals surface area contributed by atoms with Crippen LogP contribution in [0, 0.1) is 0 Å². The number of rotatable bonds is 5. The van der Waals surface area contributed by atoms with Gasteiger partial charge in [0.05, 0.1) is 0 Å². The molecule has 0 spiro atoms. The van der Waals surface area contributed by atoms with Crippen molar-refractivity contribution in [2.24, 2.45) is 0 Å². The van der Waals surface area contributed by atoms with E-state index in [2.05, 4.69) is 22.9 Å². The first-order valence-electron chi connectivity index (χ1n) is 8.77. The highest BCUT2D eigenvalue weighted by molar-refractivity contribution is 6.04. The fraction of sp³-hybridized carbons (Fsp3) is 0.0909. The van der Waals surface area contributed by atoms with Crippen LogP contribution < -0.4 is 16.0 Å². The number of amides is 3. The molecule has 136 valence electrons. The summed E-state index contributed by atoms with van der Waals surface area (Å²) in [6, 6.07) is 23.4. The van der Waals surface area contributed by atoms with E-state index in [1.807, 2.05) is 54.6 Å². The second-order valence-corrected chi connectivity index (χ2v) is 6.03. The zero-order chi connectivity index (χ0) is 19.1. The number of carbonyl (C=O) groups is 2. The number of benzene rings is 3. The number of nitrogens with one attached hydrogen (secondary N) is 3. The van der Waals surface area contributed by atoms with Gasteiger partial charge in [-0.3, -0.25) is 4.79 Å². The summed E-state index contributed by atoms with van der Waals surface area (Å²) in [6.45, 7) is 2.07. The molecule has 3 aromatic rings. The first-order chi connectivity index (χ1) is 13.1. The van der Waals surface area contributed by atoms with Gasteiger partial charge in [-0.05, 0) is 60.5 Å². The van der Waals surface area contributed by atoms with Crippen molar-refractivity contribution in [3.63, 3.8) is 0 Å². The van der Waals surface area contributed by atoms with Gasteiger partial charge in [-0.2, -0.15) is 0 Å². The highest BCUT2D eigenvalue weighted by Crippen LogP contribution is 2.16. The Kier molecular flexibility index (Phi) is 5.84. The first-order valence-corrected chi connectivity index (χ1v) is 8.77. The predicted octanol–water partition coefficient (Wildman–Crippen LogP) is 5.15. The molecule has 0 radical (unpaired) electrons. The third-order valence-corrected chi connectivity index (χ3v) is 4.06. The maximum absolute atomic E-state index is 12.3. The molecule has 27 heavy (non-hydrogen) atoms. The highest BCUT2D eigenvalue weighted by atomic mass is 16.2. The molecule has 5 heteroatoms. The van der Waals surface area contributed by atoms with Gasteiger partial charge in [0.15, 0.2) is 0 Å². The first kappa shape index (κ1) is 18.2. The van der Waals surface area contributed by atoms with Crippen LogP contribution in [0.15, 0.2) is 78.9 Å². The van der Waals surface area contributed by atoms with Gasteiger partial charge in [0.1, 0.15) is 0 Å². The maximum atomic E-state index is 12.3. The molecule has 0 aliphatic rings. The summed E-state index contributed by atoms with van der Waals surface area (Å²) >= 11 is 0. The smallest absolute Gasteiger partial charge is 0.322 e. The van der Waals surface area contributed by atoms with Crippen LogP contribution in [0.1, 0.15) is 22.8 Å². The van der Waals surface area contributed by atoms with Gasteiger partial charge in [0.25, 0.3) is 5.91 Å². The Morgan fingerprint density at radius 2 is 1.19 bits per heavy atom. The lowest BCUT2D eigenvalue weighted by molar-refractivity contribution is 0.102. The topological polar surface area (TPSA) is 70.2 Å². The molecule has 0 saturated carbocycles. The van der Waals surface area contributed by atoms with E-state index >= 15 is 0 Å². The number of carbonyl (C=O) groups excluding carboxylic acids is 2. The van der Waals surface area contributed by atoms with Crippen molar-refractivity contribution in [3.8, 4) is 0 Å². The van der Waals surface area contributed by atoms with E-state index in [0.29, 0.717) is 22.6 Å². The second kappa shape index (κ2) is 8.67. The minimum atomic E-state index is -0.325. The van der Waals surface area contributed by atoms with E-state index in [0.717, 1.165) is 6.42 Å². The lowest BCUT2D eigenvalue weighted by Crippen LogP contribution is -2.19. The van der Waals surface area contributed by atoms with Crippen LogP contribution in [0.2, 0.25) is 0 Å². The molecule has 3 amide bonds. The van der Waals surface area contributed by atoms with Crippen LogP contribution in [0.25, 0.3) is 0 Å². The Morgan fingerprint density at radius 3 is 1.74 bits per heavy atom. The van der Waals surface area contributed by atoms with Crippen LogP contribution in [0.4, 0.5) is 21.9 Å². The number of urea groups is 1. The largest absolute Gasteiger partial charge is 0.323 e. The molecule has 0 unspecified atom stereocenters. The Bertz CT molecular complexity index is 905. The van der Waals surface area contributed by atoms with Crippen molar-refractivity contribution in [1.29, 1.82) is 0 Å². The monoisotopic (exact) mass is 359 g/mol. The summed E-state index contributed by atoms with van der Waals surface area (Å²) in [5.41, 5.74) is 3.81. The van der Waals surface area contributed by atoms with E-state index in [1.54, 1.807) is 24.3 Å². The van der Waals surface area contributed by atoms with E-state index in [1.165, 1.54) is 5.56 Å². The molecular weight excluding hydrogens is 338 g/mol. The third-order valence-electron chi connectivity index (χ3n) is 4.06. The summed E-state index contributed by atoms with van der Waals surface area (Å²) < 4.78 is 0. The molecule has 0 atom stereocenters. The van der Waals surface area contributed by atoms with Crippen LogP contribution in [0.5, 0.6) is 0 Å². The van der Waals surface area contributed by atoms with Crippen molar-refractivity contribution >= 4 is 29.0 Å². The lowest BCUT2D eigenvalue weighted by Gasteiger charge is -2.09. The summed E-state index contributed by atoms with van der Waals surface area (Å²) in [5.74, 6) is -0.166. The molecule has 5 nitrogen and oxygen atoms in total. The fourth-order valence-corrected chi connectivity index (χ4v) is 2.55. The maximum Gasteiger partial charge on any atom is 0.323 e. The zero-order valence-electron chi connectivity index (χ0n) is 15.0. The van der Waals surface area contributed by atoms with Crippen molar-refractivity contribution in [2.75, 3.05) is 16.0 Å². The average molecular weight is 359 g/mol. The minimum Gasteiger partial charge on any atom is -0.322 e. The average Bonchev–Trinajstić information content (AvgIpc) is 2.70. The van der Waals surface area contributed by atoms with Gasteiger partial charge in [0.2, 0.25) is 0 Å². The Morgan fingerprint density at radius 1 is 0.667 bits per heavy atom. The number of hydrogen-bond donors (Lipinski definition) is 3. The summed E-state index contributed by atoms with van der Waals surface area (Å²) in [4.78, 5) is 24.3. The molecule has 3 N–H and O–H groups in total. The Balaban J connectivity index is 1.56. The molecule has 0 aliphatic heterocycles. The Labute approximate surface area is 158 Å². The van der Waals surface area contributed by atoms with Crippen molar-refractivity contribution in [1.82, 2.24) is 0 Å². The molecule has 0 aliphatic carbocycles. The quantitative estimate of drug-likeness (QED) is 0.590. The van der Waals surface area contributed by atoms with Gasteiger partial charge in [-0.15, -0.1) is 0 Å². The summed E-state index contributed by atoms with van der Waals surface area (Å²) in [5, 5.41) is 8.35. The standard InChI is InChI=1S/C22H21N3O2/c1-2-16-8-10-17(11-9-16)21(26)23-19-12-14-20(15-13-19)25-22(27)24-18-6-4-3-5-7-18/h3-15H,2H2,1H3,(H,23,26)(H2,24,25,27). The molecule has 0 aromatic heterocycles. The SMILES string of the molecule is CCc1ccc(C(=O)Nc2ccc(NC(=O)Nc3ccccc3)cc2)cc1. The van der Waals surface area contributed by atoms with Gasteiger partial charge < -0.3 is 16.0 Å². The van der Waals surface area contributed by atoms with E-state index in [9.17, 15) is 9.59 Å². The zero-order valence-corrected chi connectivity index (χ0v) is 15.0. The molecule has 0 saturated heterocycles. The van der Waals surface area contributed by atoms with Gasteiger partial charge in [-0.1, -0.05) is 37.3 Å². The van der Waals surface area contributed by atoms with Crippen molar-refractivity contribution in [3.05, 3.63) is 90.0 Å². The molecule has 3 aromatic carbocycles. The Hall–Kier alpha value is -3.60. The third kappa shape index (κ3) is 5.19. The molecule has 0 heterocycles. The van der Waals surface area contributed by atoms with Crippen molar-refractivity contribution in [2.45, 2.75) is 13.3 Å². The minimum absolute atomic E-state index is 0.166. The van der Waals surface area contributed by atoms with Crippen LogP contribution in [-0.2, 0) is 6.42 Å². The molecular formula is C22H21N3O2. The van der Waals surface area contributed by atoms with Crippen molar-refractivity contribution < 1.29 is 9.59 Å². The summed E-state index contributed by atoms with van der Waals surface area (Å²) in [7, 11) is 0. The van der Waals surface area contributed by atoms with Gasteiger partial charge >= 0.3 is 6.03 Å². The highest BCUT2D eigenvalue weighted by Gasteiger charge is 2.07. The van der Waals surface area contributed by atoms with Crippen LogP contribution in [0.3, 0.4) is 0 Å². The number of hydrogen-bond acceptors (Lipinski definition) is 2. The fourth-order valence-electron chi connectivity index (χ4n) is 2.55. The molecule has 0 bridgehead atoms. The number of anilines is 3. The molecule has 0 fully saturated rings. The summed E-state index contributed by atoms with van der Waals surface area (Å²) in [6.07, 6.45) is 0.939. The van der Waals surface area contributed by atoms with Crippen LogP contribution >= 0.6 is 0 Å². The number of aryl methyl sites for hydroxylation is 1. The van der Waals surface area contributed by atoms with Crippen LogP contribution in [-0.4, -0.2) is 11.9 Å². The van der Waals surface area contributed by atoms with E-state index < -0.39 is 0 Å². The molecule has 3 rings (SSSR count). The predicted molar refractivity (Wildman–Crippen MR) is 109 cm³/mol. The number of para-hydroxylation sites is 1. The van der Waals surface area contributed by atoms with E-state index in [4.69, 9.17) is 0 Å².